The molecule has 0 atom stereocenters. The number of sulfonamides is 1. The molecule has 0 aliphatic rings. The summed E-state index contributed by atoms with van der Waals surface area (Å²) in [7, 11) is -3.77. The lowest BCUT2D eigenvalue weighted by Gasteiger charge is -2.09. The van der Waals surface area contributed by atoms with Crippen molar-refractivity contribution in [2.75, 3.05) is 4.72 Å². The summed E-state index contributed by atoms with van der Waals surface area (Å²) in [5.74, 6) is -0.692. The Hall–Kier alpha value is -1.91. The molecule has 2 aromatic carbocycles. The number of nitrogens with zero attached hydrogens (tertiary/aromatic N) is 1. The van der Waals surface area contributed by atoms with Gasteiger partial charge in [-0.05, 0) is 35.9 Å². The van der Waals surface area contributed by atoms with E-state index in [4.69, 9.17) is 5.26 Å². The highest BCUT2D eigenvalue weighted by molar-refractivity contribution is 9.08. The number of halogens is 2. The molecule has 0 saturated heterocycles. The van der Waals surface area contributed by atoms with E-state index in [1.165, 1.54) is 18.2 Å². The first kappa shape index (κ1) is 15.5. The maximum atomic E-state index is 13.2. The van der Waals surface area contributed by atoms with Crippen LogP contribution in [0.5, 0.6) is 0 Å². The molecule has 0 heterocycles. The molecule has 0 saturated carbocycles. The largest absolute Gasteiger partial charge is 0.280 e. The molecule has 0 bridgehead atoms. The van der Waals surface area contributed by atoms with E-state index >= 15 is 0 Å². The van der Waals surface area contributed by atoms with E-state index in [1.54, 1.807) is 18.2 Å². The van der Waals surface area contributed by atoms with Crippen LogP contribution >= 0.6 is 15.9 Å². The average Bonchev–Trinajstić information content (AvgIpc) is 2.49. The summed E-state index contributed by atoms with van der Waals surface area (Å²) in [6, 6.07) is 11.5. The van der Waals surface area contributed by atoms with E-state index in [1.807, 2.05) is 0 Å². The Morgan fingerprint density at radius 1 is 1.19 bits per heavy atom. The maximum Gasteiger partial charge on any atom is 0.261 e. The third kappa shape index (κ3) is 3.60. The monoisotopic (exact) mass is 368 g/mol. The Morgan fingerprint density at radius 3 is 2.43 bits per heavy atom. The van der Waals surface area contributed by atoms with Gasteiger partial charge >= 0.3 is 0 Å². The molecule has 2 aromatic rings. The van der Waals surface area contributed by atoms with Crippen molar-refractivity contribution in [3.63, 3.8) is 0 Å². The molecule has 0 aliphatic heterocycles. The van der Waals surface area contributed by atoms with Crippen LogP contribution in [0.25, 0.3) is 0 Å². The highest BCUT2D eigenvalue weighted by Crippen LogP contribution is 2.19. The van der Waals surface area contributed by atoms with Gasteiger partial charge in [0.1, 0.15) is 11.9 Å². The van der Waals surface area contributed by atoms with E-state index in [0.717, 1.165) is 17.7 Å². The molecule has 21 heavy (non-hydrogen) atoms. The molecule has 0 unspecified atom stereocenters. The SMILES string of the molecule is N#Cc1cc(NS(=O)(=O)c2ccc(CBr)cc2)ccc1F. The van der Waals surface area contributed by atoms with Gasteiger partial charge in [0, 0.05) is 5.33 Å². The van der Waals surface area contributed by atoms with Gasteiger partial charge in [0.15, 0.2) is 0 Å². The van der Waals surface area contributed by atoms with Gasteiger partial charge in [0.25, 0.3) is 10.0 Å². The van der Waals surface area contributed by atoms with E-state index in [2.05, 4.69) is 20.7 Å². The number of hydrogen-bond acceptors (Lipinski definition) is 3. The molecule has 0 spiro atoms. The number of hydrogen-bond donors (Lipinski definition) is 1. The van der Waals surface area contributed by atoms with Crippen molar-refractivity contribution >= 4 is 31.6 Å². The van der Waals surface area contributed by atoms with E-state index in [9.17, 15) is 12.8 Å². The first-order valence-corrected chi connectivity index (χ1v) is 8.44. The van der Waals surface area contributed by atoms with Crippen LogP contribution in [0, 0.1) is 17.1 Å². The van der Waals surface area contributed by atoms with E-state index < -0.39 is 15.8 Å². The zero-order chi connectivity index (χ0) is 15.5. The van der Waals surface area contributed by atoms with Crippen molar-refractivity contribution in [3.05, 3.63) is 59.4 Å². The third-order valence-electron chi connectivity index (χ3n) is 2.73. The Bertz CT molecular complexity index is 799. The standard InChI is InChI=1S/C14H10BrFN2O2S/c15-8-10-1-4-13(5-2-10)21(19,20)18-12-3-6-14(16)11(7-12)9-17/h1-7,18H,8H2. The minimum Gasteiger partial charge on any atom is -0.280 e. The summed E-state index contributed by atoms with van der Waals surface area (Å²) in [5, 5.41) is 9.37. The van der Waals surface area contributed by atoms with Crippen LogP contribution in [-0.4, -0.2) is 8.42 Å². The molecule has 0 amide bonds. The predicted octanol–water partition coefficient (Wildman–Crippen LogP) is 3.39. The second-order valence-electron chi connectivity index (χ2n) is 4.19. The van der Waals surface area contributed by atoms with Gasteiger partial charge in [-0.2, -0.15) is 5.26 Å². The van der Waals surface area contributed by atoms with Crippen LogP contribution in [-0.2, 0) is 15.4 Å². The van der Waals surface area contributed by atoms with Crippen molar-refractivity contribution in [1.82, 2.24) is 0 Å². The molecule has 2 rings (SSSR count). The van der Waals surface area contributed by atoms with Crippen molar-refractivity contribution < 1.29 is 12.8 Å². The first-order valence-electron chi connectivity index (χ1n) is 5.83. The summed E-state index contributed by atoms with van der Waals surface area (Å²) in [4.78, 5) is 0.0926. The summed E-state index contributed by atoms with van der Waals surface area (Å²) in [5.41, 5.74) is 0.866. The Labute approximate surface area is 130 Å². The summed E-state index contributed by atoms with van der Waals surface area (Å²) < 4.78 is 39.9. The topological polar surface area (TPSA) is 70.0 Å². The molecule has 0 aromatic heterocycles. The van der Waals surface area contributed by atoms with Gasteiger partial charge < -0.3 is 0 Å². The smallest absolute Gasteiger partial charge is 0.261 e. The van der Waals surface area contributed by atoms with Gasteiger partial charge in [-0.15, -0.1) is 0 Å². The number of rotatable bonds is 4. The van der Waals surface area contributed by atoms with Gasteiger partial charge in [0.05, 0.1) is 16.1 Å². The fourth-order valence-corrected chi connectivity index (χ4v) is 3.07. The quantitative estimate of drug-likeness (QED) is 0.840. The van der Waals surface area contributed by atoms with Crippen molar-refractivity contribution in [1.29, 1.82) is 5.26 Å². The summed E-state index contributed by atoms with van der Waals surface area (Å²) in [6.07, 6.45) is 0. The van der Waals surface area contributed by atoms with Gasteiger partial charge in [-0.25, -0.2) is 12.8 Å². The van der Waals surface area contributed by atoms with Crippen LogP contribution in [0.3, 0.4) is 0 Å². The normalized spacial score (nSPS) is 10.9. The minimum absolute atomic E-state index is 0.0926. The fourth-order valence-electron chi connectivity index (χ4n) is 1.65. The minimum atomic E-state index is -3.77. The van der Waals surface area contributed by atoms with Crippen molar-refractivity contribution in [2.24, 2.45) is 0 Å². The molecule has 0 fully saturated rings. The van der Waals surface area contributed by atoms with Crippen molar-refractivity contribution in [2.45, 2.75) is 10.2 Å². The number of benzene rings is 2. The Kier molecular flexibility index (Phi) is 4.60. The van der Waals surface area contributed by atoms with Crippen LogP contribution in [0.15, 0.2) is 47.4 Å². The Balaban J connectivity index is 2.30. The fraction of sp³-hybridized carbons (Fsp3) is 0.0714. The molecular formula is C14H10BrFN2O2S. The van der Waals surface area contributed by atoms with Crippen LogP contribution in [0.4, 0.5) is 10.1 Å². The van der Waals surface area contributed by atoms with Crippen LogP contribution < -0.4 is 4.72 Å². The molecule has 108 valence electrons. The second-order valence-corrected chi connectivity index (χ2v) is 6.43. The molecular weight excluding hydrogens is 359 g/mol. The molecule has 4 nitrogen and oxygen atoms in total. The zero-order valence-electron chi connectivity index (χ0n) is 10.7. The molecule has 0 aliphatic carbocycles. The van der Waals surface area contributed by atoms with E-state index in [-0.39, 0.29) is 16.1 Å². The summed E-state index contributed by atoms with van der Waals surface area (Å²) in [6.45, 7) is 0. The molecule has 0 radical (unpaired) electrons. The first-order chi connectivity index (χ1) is 9.96. The van der Waals surface area contributed by atoms with Crippen LogP contribution in [0.1, 0.15) is 11.1 Å². The maximum absolute atomic E-state index is 13.2. The highest BCUT2D eigenvalue weighted by Gasteiger charge is 2.15. The predicted molar refractivity (Wildman–Crippen MR) is 81.0 cm³/mol. The molecule has 1 N–H and O–H groups in total. The third-order valence-corrected chi connectivity index (χ3v) is 4.77. The Morgan fingerprint density at radius 2 is 1.86 bits per heavy atom. The number of nitrogens with one attached hydrogen (secondary N) is 1. The highest BCUT2D eigenvalue weighted by atomic mass is 79.9. The van der Waals surface area contributed by atoms with Gasteiger partial charge in [-0.3, -0.25) is 4.72 Å². The second kappa shape index (κ2) is 6.24. The van der Waals surface area contributed by atoms with Gasteiger partial charge in [-0.1, -0.05) is 28.1 Å². The number of anilines is 1. The lowest BCUT2D eigenvalue weighted by molar-refractivity contribution is 0.601. The lowest BCUT2D eigenvalue weighted by Crippen LogP contribution is -2.13. The number of alkyl halides is 1. The van der Waals surface area contributed by atoms with E-state index in [0.29, 0.717) is 5.33 Å². The zero-order valence-corrected chi connectivity index (χ0v) is 13.1. The summed E-state index contributed by atoms with van der Waals surface area (Å²) >= 11 is 3.28. The van der Waals surface area contributed by atoms with Crippen molar-refractivity contribution in [3.8, 4) is 6.07 Å². The molecule has 7 heteroatoms. The van der Waals surface area contributed by atoms with Gasteiger partial charge in [0.2, 0.25) is 0 Å². The number of nitriles is 1. The van der Waals surface area contributed by atoms with Crippen LogP contribution in [0.2, 0.25) is 0 Å². The average molecular weight is 369 g/mol. The lowest BCUT2D eigenvalue weighted by atomic mass is 10.2.